The van der Waals surface area contributed by atoms with Crippen LogP contribution >= 0.6 is 0 Å². The Hall–Kier alpha value is -2.07. The van der Waals surface area contributed by atoms with Gasteiger partial charge in [0.05, 0.1) is 11.9 Å². The van der Waals surface area contributed by atoms with Crippen LogP contribution in [0.3, 0.4) is 0 Å². The maximum atomic E-state index is 11.4. The van der Waals surface area contributed by atoms with Gasteiger partial charge in [0, 0.05) is 5.39 Å². The third kappa shape index (κ3) is 2.39. The van der Waals surface area contributed by atoms with Gasteiger partial charge in [-0.05, 0) is 34.4 Å². The molecule has 0 atom stereocenters. The van der Waals surface area contributed by atoms with Crippen molar-refractivity contribution in [2.75, 3.05) is 11.0 Å². The molecule has 0 aromatic heterocycles. The fourth-order valence-corrected chi connectivity index (χ4v) is 2.83. The zero-order valence-electron chi connectivity index (χ0n) is 10.4. The van der Waals surface area contributed by atoms with E-state index in [2.05, 4.69) is 10.8 Å². The lowest BCUT2D eigenvalue weighted by Gasteiger charge is -2.09. The highest BCUT2D eigenvalue weighted by Gasteiger charge is 2.06. The molecule has 0 aliphatic heterocycles. The Kier molecular flexibility index (Phi) is 2.68. The fourth-order valence-electron chi connectivity index (χ4n) is 2.26. The number of hydrogen-bond donors (Lipinski definition) is 1. The second-order valence-electron chi connectivity index (χ2n) is 4.60. The lowest BCUT2D eigenvalue weighted by atomic mass is 10.0. The molecule has 0 fully saturated rings. The van der Waals surface area contributed by atoms with Crippen molar-refractivity contribution in [3.63, 3.8) is 0 Å². The van der Waals surface area contributed by atoms with Crippen molar-refractivity contribution in [1.82, 2.24) is 0 Å². The number of fused-ring (bicyclic) bond motifs is 2. The summed E-state index contributed by atoms with van der Waals surface area (Å²) in [7, 11) is -3.27. The molecule has 3 rings (SSSR count). The van der Waals surface area contributed by atoms with Crippen LogP contribution in [-0.2, 0) is 10.0 Å². The van der Waals surface area contributed by atoms with E-state index >= 15 is 0 Å². The molecule has 3 aromatic carbocycles. The summed E-state index contributed by atoms with van der Waals surface area (Å²) in [5.41, 5.74) is 0.616. The van der Waals surface area contributed by atoms with Crippen LogP contribution in [0.15, 0.2) is 54.6 Å². The van der Waals surface area contributed by atoms with Crippen molar-refractivity contribution in [2.24, 2.45) is 0 Å². The van der Waals surface area contributed by atoms with Gasteiger partial charge >= 0.3 is 0 Å². The average Bonchev–Trinajstić information content (AvgIpc) is 2.35. The molecule has 0 aliphatic carbocycles. The van der Waals surface area contributed by atoms with Crippen molar-refractivity contribution in [3.05, 3.63) is 54.6 Å². The maximum absolute atomic E-state index is 11.4. The van der Waals surface area contributed by atoms with Crippen molar-refractivity contribution < 1.29 is 8.42 Å². The molecule has 0 aliphatic rings. The van der Waals surface area contributed by atoms with Crippen molar-refractivity contribution in [2.45, 2.75) is 0 Å². The van der Waals surface area contributed by atoms with Crippen molar-refractivity contribution >= 4 is 37.3 Å². The first-order chi connectivity index (χ1) is 9.03. The van der Waals surface area contributed by atoms with Gasteiger partial charge in [-0.1, -0.05) is 36.4 Å². The molecule has 0 amide bonds. The lowest BCUT2D eigenvalue weighted by molar-refractivity contribution is 0.607. The van der Waals surface area contributed by atoms with Gasteiger partial charge in [-0.15, -0.1) is 0 Å². The molecular weight excluding hydrogens is 258 g/mol. The van der Waals surface area contributed by atoms with Crippen LogP contribution in [0.2, 0.25) is 0 Å². The Morgan fingerprint density at radius 3 is 2.16 bits per heavy atom. The topological polar surface area (TPSA) is 46.2 Å². The van der Waals surface area contributed by atoms with E-state index in [0.29, 0.717) is 5.69 Å². The minimum atomic E-state index is -3.27. The SMILES string of the molecule is CS(=O)(=O)Nc1cccc2cc3ccccc3cc12. The summed E-state index contributed by atoms with van der Waals surface area (Å²) in [4.78, 5) is 0. The van der Waals surface area contributed by atoms with Crippen LogP contribution < -0.4 is 4.72 Å². The lowest BCUT2D eigenvalue weighted by Crippen LogP contribution is -2.09. The fraction of sp³-hybridized carbons (Fsp3) is 0.0667. The van der Waals surface area contributed by atoms with Gasteiger partial charge < -0.3 is 0 Å². The van der Waals surface area contributed by atoms with Gasteiger partial charge in [0.15, 0.2) is 0 Å². The quantitative estimate of drug-likeness (QED) is 0.726. The molecule has 19 heavy (non-hydrogen) atoms. The number of nitrogens with one attached hydrogen (secondary N) is 1. The summed E-state index contributed by atoms with van der Waals surface area (Å²) in [5.74, 6) is 0. The van der Waals surface area contributed by atoms with E-state index < -0.39 is 10.0 Å². The number of hydrogen-bond acceptors (Lipinski definition) is 2. The zero-order chi connectivity index (χ0) is 13.5. The molecule has 0 saturated carbocycles. The number of benzene rings is 3. The minimum absolute atomic E-state index is 0.616. The molecule has 1 N–H and O–H groups in total. The highest BCUT2D eigenvalue weighted by molar-refractivity contribution is 7.92. The van der Waals surface area contributed by atoms with Crippen molar-refractivity contribution in [3.8, 4) is 0 Å². The highest BCUT2D eigenvalue weighted by Crippen LogP contribution is 2.28. The molecule has 0 bridgehead atoms. The van der Waals surface area contributed by atoms with Crippen LogP contribution in [0.1, 0.15) is 0 Å². The second kappa shape index (κ2) is 4.24. The first-order valence-electron chi connectivity index (χ1n) is 5.92. The average molecular weight is 271 g/mol. The smallest absolute Gasteiger partial charge is 0.229 e. The standard InChI is InChI=1S/C15H13NO2S/c1-19(17,18)16-15-8-4-7-13-9-11-5-2-3-6-12(11)10-14(13)15/h2-10,16H,1H3. The molecule has 0 spiro atoms. The monoisotopic (exact) mass is 271 g/mol. The van der Waals surface area contributed by atoms with Crippen LogP contribution in [0.5, 0.6) is 0 Å². The Bertz CT molecular complexity index is 870. The number of sulfonamides is 1. The van der Waals surface area contributed by atoms with Crippen LogP contribution in [-0.4, -0.2) is 14.7 Å². The van der Waals surface area contributed by atoms with E-state index in [0.717, 1.165) is 27.8 Å². The minimum Gasteiger partial charge on any atom is -0.283 e. The molecule has 96 valence electrons. The molecule has 0 saturated heterocycles. The van der Waals surface area contributed by atoms with Crippen LogP contribution in [0.4, 0.5) is 5.69 Å². The Labute approximate surface area is 111 Å². The number of rotatable bonds is 2. The Balaban J connectivity index is 2.32. The van der Waals surface area contributed by atoms with Crippen LogP contribution in [0, 0.1) is 0 Å². The van der Waals surface area contributed by atoms with Gasteiger partial charge in [-0.25, -0.2) is 8.42 Å². The normalized spacial score (nSPS) is 11.8. The first kappa shape index (κ1) is 12.0. The van der Waals surface area contributed by atoms with Crippen LogP contribution in [0.25, 0.3) is 21.5 Å². The molecule has 3 nitrogen and oxygen atoms in total. The van der Waals surface area contributed by atoms with E-state index in [4.69, 9.17) is 0 Å². The summed E-state index contributed by atoms with van der Waals surface area (Å²) in [6, 6.07) is 17.7. The number of anilines is 1. The first-order valence-corrected chi connectivity index (χ1v) is 7.81. The largest absolute Gasteiger partial charge is 0.283 e. The van der Waals surface area contributed by atoms with E-state index in [9.17, 15) is 8.42 Å². The molecule has 3 aromatic rings. The Morgan fingerprint density at radius 2 is 1.47 bits per heavy atom. The maximum Gasteiger partial charge on any atom is 0.229 e. The third-order valence-electron chi connectivity index (χ3n) is 3.04. The second-order valence-corrected chi connectivity index (χ2v) is 6.35. The molecule has 0 unspecified atom stereocenters. The van der Waals surface area contributed by atoms with Crippen molar-refractivity contribution in [1.29, 1.82) is 0 Å². The summed E-state index contributed by atoms with van der Waals surface area (Å²) in [6.45, 7) is 0. The molecule has 0 heterocycles. The summed E-state index contributed by atoms with van der Waals surface area (Å²) in [6.07, 6.45) is 1.16. The van der Waals surface area contributed by atoms with Gasteiger partial charge in [0.1, 0.15) is 0 Å². The highest BCUT2D eigenvalue weighted by atomic mass is 32.2. The van der Waals surface area contributed by atoms with E-state index in [1.54, 1.807) is 6.07 Å². The Morgan fingerprint density at radius 1 is 0.842 bits per heavy atom. The van der Waals surface area contributed by atoms with Gasteiger partial charge in [0.25, 0.3) is 0 Å². The third-order valence-corrected chi connectivity index (χ3v) is 3.63. The summed E-state index contributed by atoms with van der Waals surface area (Å²) < 4.78 is 25.4. The summed E-state index contributed by atoms with van der Waals surface area (Å²) >= 11 is 0. The predicted octanol–water partition coefficient (Wildman–Crippen LogP) is 3.36. The van der Waals surface area contributed by atoms with E-state index in [-0.39, 0.29) is 0 Å². The predicted molar refractivity (Wildman–Crippen MR) is 79.9 cm³/mol. The van der Waals surface area contributed by atoms with Gasteiger partial charge in [-0.2, -0.15) is 0 Å². The molecule has 4 heteroatoms. The van der Waals surface area contributed by atoms with Gasteiger partial charge in [-0.3, -0.25) is 4.72 Å². The molecule has 0 radical (unpaired) electrons. The van der Waals surface area contributed by atoms with Gasteiger partial charge in [0.2, 0.25) is 10.0 Å². The van der Waals surface area contributed by atoms with E-state index in [1.165, 1.54) is 0 Å². The molecular formula is C15H13NO2S. The van der Waals surface area contributed by atoms with E-state index in [1.807, 2.05) is 42.5 Å². The summed E-state index contributed by atoms with van der Waals surface area (Å²) in [5, 5.41) is 4.17. The zero-order valence-corrected chi connectivity index (χ0v) is 11.2.